The summed E-state index contributed by atoms with van der Waals surface area (Å²) in [4.78, 5) is 0. The van der Waals surface area contributed by atoms with Crippen molar-refractivity contribution >= 4 is 18.8 Å². The van der Waals surface area contributed by atoms with Crippen LogP contribution in [0, 0.1) is 0 Å². The van der Waals surface area contributed by atoms with Gasteiger partial charge < -0.3 is 11.1 Å². The first-order valence-corrected chi connectivity index (χ1v) is 11.6. The summed E-state index contributed by atoms with van der Waals surface area (Å²) >= 11 is -4.00. The van der Waals surface area contributed by atoms with Crippen LogP contribution in [-0.4, -0.2) is 26.7 Å². The van der Waals surface area contributed by atoms with Gasteiger partial charge in [-0.3, -0.25) is 0 Å². The Morgan fingerprint density at radius 2 is 2.00 bits per heavy atom. The second-order valence-electron chi connectivity index (χ2n) is 2.69. The molecular formula is C6H16Cl2N2O2Pt. The zero-order chi connectivity index (χ0) is 10.3. The molecule has 1 unspecified atom stereocenters. The summed E-state index contributed by atoms with van der Waals surface area (Å²) in [5.41, 5.74) is 5.37. The van der Waals surface area contributed by atoms with Crippen LogP contribution >= 0.6 is 18.8 Å². The van der Waals surface area contributed by atoms with Crippen molar-refractivity contribution in [2.45, 2.75) is 25.3 Å². The van der Waals surface area contributed by atoms with Gasteiger partial charge in [0.05, 0.1) is 0 Å². The van der Waals surface area contributed by atoms with Crippen LogP contribution in [0.5, 0.6) is 0 Å². The van der Waals surface area contributed by atoms with E-state index >= 15 is 0 Å². The molecule has 4 nitrogen and oxygen atoms in total. The van der Waals surface area contributed by atoms with Crippen molar-refractivity contribution in [1.29, 1.82) is 0 Å². The van der Waals surface area contributed by atoms with Crippen LogP contribution in [0.2, 0.25) is 0 Å². The summed E-state index contributed by atoms with van der Waals surface area (Å²) < 4.78 is 15.6. The van der Waals surface area contributed by atoms with Crippen molar-refractivity contribution in [3.8, 4) is 0 Å². The summed E-state index contributed by atoms with van der Waals surface area (Å²) in [6.07, 6.45) is 3.82. The van der Waals surface area contributed by atoms with E-state index in [0.717, 1.165) is 19.0 Å². The van der Waals surface area contributed by atoms with E-state index in [4.69, 9.17) is 13.3 Å². The van der Waals surface area contributed by atoms with Gasteiger partial charge in [0.2, 0.25) is 0 Å². The number of hydrogen-bond donors (Lipinski definition) is 4. The standard InChI is InChI=1S/C6H14N2.2ClH.2H2O.Pt/c7-4-3-6-2-1-5-8-6;;;;;/h6,8H,1-5,7H2;2*1H;2*1H2;/q;;;;;+4/p-4. The van der Waals surface area contributed by atoms with Crippen LogP contribution in [0.4, 0.5) is 0 Å². The molecule has 1 fully saturated rings. The van der Waals surface area contributed by atoms with Crippen LogP contribution < -0.4 is 11.1 Å². The minimum absolute atomic E-state index is 0.736. The van der Waals surface area contributed by atoms with Gasteiger partial charge in [-0.25, -0.2) is 0 Å². The second-order valence-corrected chi connectivity index (χ2v) is 11.5. The molecule has 0 spiro atoms. The molecule has 0 aromatic rings. The summed E-state index contributed by atoms with van der Waals surface area (Å²) in [5.74, 6) is 0. The fraction of sp³-hybridized carbons (Fsp3) is 1.00. The molecule has 1 rings (SSSR count). The molecule has 86 valence electrons. The van der Waals surface area contributed by atoms with Crippen LogP contribution in [0.25, 0.3) is 0 Å². The van der Waals surface area contributed by atoms with E-state index in [1.165, 1.54) is 19.4 Å². The molecule has 0 saturated carbocycles. The van der Waals surface area contributed by atoms with E-state index in [0.29, 0.717) is 0 Å². The molecule has 0 aromatic heterocycles. The maximum absolute atomic E-state index is 7.79. The fourth-order valence-corrected chi connectivity index (χ4v) is 1.20. The summed E-state index contributed by atoms with van der Waals surface area (Å²) in [6, 6.07) is 0.736. The van der Waals surface area contributed by atoms with E-state index < -0.39 is 14.7 Å². The van der Waals surface area contributed by atoms with Crippen LogP contribution in [0.3, 0.4) is 0 Å². The van der Waals surface area contributed by atoms with Crippen molar-refractivity contribution in [1.82, 2.24) is 5.32 Å². The molecule has 1 aliphatic heterocycles. The number of nitrogens with two attached hydrogens (primary N) is 1. The van der Waals surface area contributed by atoms with Gasteiger partial charge in [-0.15, -0.1) is 0 Å². The molecular weight excluding hydrogens is 398 g/mol. The average Bonchev–Trinajstić information content (AvgIpc) is 2.36. The molecule has 1 heterocycles. The third-order valence-electron chi connectivity index (χ3n) is 1.68. The normalized spacial score (nSPS) is 23.6. The van der Waals surface area contributed by atoms with Crippen molar-refractivity contribution in [2.75, 3.05) is 13.1 Å². The van der Waals surface area contributed by atoms with Gasteiger partial charge >= 0.3 is 41.1 Å². The van der Waals surface area contributed by atoms with E-state index in [1.807, 2.05) is 0 Å². The van der Waals surface area contributed by atoms with Gasteiger partial charge in [0, 0.05) is 6.04 Å². The number of halogens is 2. The van der Waals surface area contributed by atoms with Gasteiger partial charge in [0.1, 0.15) is 0 Å². The Labute approximate surface area is 90.4 Å². The first-order chi connectivity index (χ1) is 5.93. The third-order valence-corrected chi connectivity index (χ3v) is 1.68. The van der Waals surface area contributed by atoms with Gasteiger partial charge in [0.15, 0.2) is 0 Å². The quantitative estimate of drug-likeness (QED) is 0.526. The molecule has 1 aliphatic rings. The van der Waals surface area contributed by atoms with Crippen LogP contribution in [0.1, 0.15) is 19.3 Å². The third kappa shape index (κ3) is 13.1. The molecule has 0 aliphatic carbocycles. The SMILES string of the molecule is NCCC1CCCN1.[OH][Pt]([OH])([Cl])[Cl]. The van der Waals surface area contributed by atoms with E-state index in [1.54, 1.807) is 0 Å². The molecule has 0 bridgehead atoms. The zero-order valence-corrected chi connectivity index (χ0v) is 10.9. The van der Waals surface area contributed by atoms with E-state index in [2.05, 4.69) is 24.2 Å². The van der Waals surface area contributed by atoms with Gasteiger partial charge in [0.25, 0.3) is 0 Å². The Morgan fingerprint density at radius 1 is 1.46 bits per heavy atom. The van der Waals surface area contributed by atoms with Crippen molar-refractivity contribution in [3.63, 3.8) is 0 Å². The summed E-state index contributed by atoms with van der Waals surface area (Å²) in [5, 5.41) is 3.38. The number of hydrogen-bond acceptors (Lipinski definition) is 4. The molecule has 1 saturated heterocycles. The predicted octanol–water partition coefficient (Wildman–Crippen LogP) is 0.350. The molecule has 0 aromatic carbocycles. The maximum atomic E-state index is 7.79. The number of nitrogens with one attached hydrogen (secondary N) is 1. The second kappa shape index (κ2) is 7.41. The molecule has 1 atom stereocenters. The monoisotopic (exact) mass is 413 g/mol. The van der Waals surface area contributed by atoms with Crippen LogP contribution in [0.15, 0.2) is 0 Å². The first-order valence-electron chi connectivity index (χ1n) is 3.89. The Bertz CT molecular complexity index is 122. The Hall–Kier alpha value is 1.11. The molecule has 5 N–H and O–H groups in total. The predicted molar refractivity (Wildman–Crippen MR) is 50.8 cm³/mol. The first kappa shape index (κ1) is 14.1. The Balaban J connectivity index is 0.000000252. The topological polar surface area (TPSA) is 78.5 Å². The molecule has 0 amide bonds. The number of rotatable bonds is 2. The Kier molecular flexibility index (Phi) is 8.04. The minimum atomic E-state index is -4.00. The Morgan fingerprint density at radius 3 is 2.31 bits per heavy atom. The van der Waals surface area contributed by atoms with Crippen molar-refractivity contribution < 1.29 is 22.3 Å². The molecule has 0 radical (unpaired) electrons. The van der Waals surface area contributed by atoms with Crippen molar-refractivity contribution in [2.24, 2.45) is 5.73 Å². The van der Waals surface area contributed by atoms with E-state index in [-0.39, 0.29) is 0 Å². The van der Waals surface area contributed by atoms with Gasteiger partial charge in [-0.1, -0.05) is 0 Å². The summed E-state index contributed by atoms with van der Waals surface area (Å²) in [7, 11) is 9.17. The fourth-order valence-electron chi connectivity index (χ4n) is 1.20. The molecule has 7 heteroatoms. The van der Waals surface area contributed by atoms with E-state index in [9.17, 15) is 0 Å². The molecule has 13 heavy (non-hydrogen) atoms. The van der Waals surface area contributed by atoms with Gasteiger partial charge in [-0.2, -0.15) is 0 Å². The van der Waals surface area contributed by atoms with Crippen LogP contribution in [-0.2, 0) is 14.7 Å². The van der Waals surface area contributed by atoms with Crippen molar-refractivity contribution in [3.05, 3.63) is 0 Å². The average molecular weight is 414 g/mol. The van der Waals surface area contributed by atoms with Gasteiger partial charge in [-0.05, 0) is 32.4 Å². The summed E-state index contributed by atoms with van der Waals surface area (Å²) in [6.45, 7) is 2.03. The zero-order valence-electron chi connectivity index (χ0n) is 7.16.